The first kappa shape index (κ1) is 19.3. The number of nitrogens with one attached hydrogen (secondary N) is 1. The van der Waals surface area contributed by atoms with Crippen LogP contribution in [0.15, 0.2) is 48.5 Å². The average Bonchev–Trinajstić information content (AvgIpc) is 2.67. The van der Waals surface area contributed by atoms with E-state index in [1.165, 1.54) is 12.1 Å². The monoisotopic (exact) mass is 389 g/mol. The Kier molecular flexibility index (Phi) is 6.08. The molecule has 7 heteroatoms. The van der Waals surface area contributed by atoms with Crippen LogP contribution in [0.5, 0.6) is 0 Å². The van der Waals surface area contributed by atoms with E-state index in [2.05, 4.69) is 5.32 Å². The fourth-order valence-electron chi connectivity index (χ4n) is 3.07. The predicted octanol–water partition coefficient (Wildman–Crippen LogP) is 3.26. The van der Waals surface area contributed by atoms with Crippen molar-refractivity contribution in [3.05, 3.63) is 64.9 Å². The van der Waals surface area contributed by atoms with E-state index in [1.54, 1.807) is 41.3 Å². The topological polar surface area (TPSA) is 52.7 Å². The van der Waals surface area contributed by atoms with E-state index < -0.39 is 5.82 Å². The molecule has 3 rings (SSSR count). The van der Waals surface area contributed by atoms with Crippen molar-refractivity contribution in [2.24, 2.45) is 0 Å². The highest BCUT2D eigenvalue weighted by Crippen LogP contribution is 2.15. The van der Waals surface area contributed by atoms with Crippen molar-refractivity contribution in [1.82, 2.24) is 9.80 Å². The summed E-state index contributed by atoms with van der Waals surface area (Å²) < 4.78 is 13.2. The maximum Gasteiger partial charge on any atom is 0.253 e. The van der Waals surface area contributed by atoms with Crippen molar-refractivity contribution in [1.29, 1.82) is 0 Å². The Morgan fingerprint density at radius 3 is 2.37 bits per heavy atom. The second-order valence-corrected chi connectivity index (χ2v) is 6.95. The van der Waals surface area contributed by atoms with Crippen LogP contribution >= 0.6 is 11.6 Å². The van der Waals surface area contributed by atoms with Gasteiger partial charge in [0.15, 0.2) is 0 Å². The predicted molar refractivity (Wildman–Crippen MR) is 103 cm³/mol. The molecule has 2 aromatic carbocycles. The van der Waals surface area contributed by atoms with Crippen LogP contribution < -0.4 is 5.32 Å². The molecule has 1 fully saturated rings. The Labute approximate surface area is 162 Å². The first-order chi connectivity index (χ1) is 12.9. The van der Waals surface area contributed by atoms with E-state index >= 15 is 0 Å². The second-order valence-electron chi connectivity index (χ2n) is 6.51. The standard InChI is InChI=1S/C20H21ClFN3O2/c1-14(19(26)23-18-4-2-3-17(22)13-18)24-9-11-25(12-10-24)20(27)15-5-7-16(21)8-6-15/h2-8,13-14H,9-12H2,1H3,(H,23,26). The van der Waals surface area contributed by atoms with Crippen LogP contribution in [-0.4, -0.2) is 53.8 Å². The van der Waals surface area contributed by atoms with Gasteiger partial charge in [-0.05, 0) is 49.4 Å². The number of nitrogens with zero attached hydrogens (tertiary/aromatic N) is 2. The summed E-state index contributed by atoms with van der Waals surface area (Å²) in [5, 5.41) is 3.32. The number of amides is 2. The zero-order chi connectivity index (χ0) is 19.4. The molecule has 0 aliphatic carbocycles. The number of carbonyl (C=O) groups excluding carboxylic acids is 2. The summed E-state index contributed by atoms with van der Waals surface area (Å²) >= 11 is 5.86. The quantitative estimate of drug-likeness (QED) is 0.873. The minimum atomic E-state index is -0.394. The summed E-state index contributed by atoms with van der Waals surface area (Å²) in [6, 6.07) is 12.3. The molecule has 1 saturated heterocycles. The molecule has 0 spiro atoms. The number of hydrogen-bond acceptors (Lipinski definition) is 3. The van der Waals surface area contributed by atoms with Gasteiger partial charge in [0.05, 0.1) is 6.04 Å². The average molecular weight is 390 g/mol. The minimum absolute atomic E-state index is 0.0387. The Balaban J connectivity index is 1.54. The van der Waals surface area contributed by atoms with E-state index in [-0.39, 0.29) is 17.9 Å². The second kappa shape index (κ2) is 8.50. The third-order valence-corrected chi connectivity index (χ3v) is 4.96. The summed E-state index contributed by atoms with van der Waals surface area (Å²) in [4.78, 5) is 28.8. The van der Waals surface area contributed by atoms with Crippen LogP contribution in [-0.2, 0) is 4.79 Å². The summed E-state index contributed by atoms with van der Waals surface area (Å²) in [6.07, 6.45) is 0. The van der Waals surface area contributed by atoms with E-state index in [0.29, 0.717) is 42.5 Å². The van der Waals surface area contributed by atoms with E-state index in [4.69, 9.17) is 11.6 Å². The Bertz CT molecular complexity index is 820. The van der Waals surface area contributed by atoms with E-state index in [1.807, 2.05) is 11.8 Å². The van der Waals surface area contributed by atoms with Crippen LogP contribution in [0.3, 0.4) is 0 Å². The fourth-order valence-corrected chi connectivity index (χ4v) is 3.19. The largest absolute Gasteiger partial charge is 0.336 e. The van der Waals surface area contributed by atoms with Gasteiger partial charge in [-0.15, -0.1) is 0 Å². The van der Waals surface area contributed by atoms with Crippen LogP contribution in [0.4, 0.5) is 10.1 Å². The number of halogens is 2. The first-order valence-corrected chi connectivity index (χ1v) is 9.17. The summed E-state index contributed by atoms with van der Waals surface area (Å²) in [5.41, 5.74) is 1.04. The molecule has 1 atom stereocenters. The van der Waals surface area contributed by atoms with Crippen LogP contribution in [0.2, 0.25) is 5.02 Å². The zero-order valence-corrected chi connectivity index (χ0v) is 15.7. The number of carbonyl (C=O) groups is 2. The van der Waals surface area contributed by atoms with Gasteiger partial charge in [0.2, 0.25) is 5.91 Å². The van der Waals surface area contributed by atoms with Crippen molar-refractivity contribution in [2.75, 3.05) is 31.5 Å². The highest BCUT2D eigenvalue weighted by molar-refractivity contribution is 6.30. The first-order valence-electron chi connectivity index (χ1n) is 8.79. The summed E-state index contributed by atoms with van der Waals surface area (Å²) in [6.45, 7) is 4.08. The third-order valence-electron chi connectivity index (χ3n) is 4.71. The van der Waals surface area contributed by atoms with Gasteiger partial charge in [-0.3, -0.25) is 14.5 Å². The molecule has 142 valence electrons. The van der Waals surface area contributed by atoms with Crippen molar-refractivity contribution in [2.45, 2.75) is 13.0 Å². The van der Waals surface area contributed by atoms with E-state index in [0.717, 1.165) is 0 Å². The van der Waals surface area contributed by atoms with Crippen LogP contribution in [0.25, 0.3) is 0 Å². The lowest BCUT2D eigenvalue weighted by atomic mass is 10.1. The molecule has 27 heavy (non-hydrogen) atoms. The van der Waals surface area contributed by atoms with Gasteiger partial charge in [-0.2, -0.15) is 0 Å². The Morgan fingerprint density at radius 1 is 1.07 bits per heavy atom. The lowest BCUT2D eigenvalue weighted by Crippen LogP contribution is -2.54. The summed E-state index contributed by atoms with van der Waals surface area (Å²) in [7, 11) is 0. The number of anilines is 1. The van der Waals surface area contributed by atoms with Crippen molar-refractivity contribution in [3.8, 4) is 0 Å². The molecule has 2 amide bonds. The molecule has 0 aromatic heterocycles. The molecule has 0 saturated carbocycles. The van der Waals surface area contributed by atoms with Crippen LogP contribution in [0.1, 0.15) is 17.3 Å². The molecule has 1 aliphatic heterocycles. The lowest BCUT2D eigenvalue weighted by molar-refractivity contribution is -0.121. The number of benzene rings is 2. The van der Waals surface area contributed by atoms with Gasteiger partial charge < -0.3 is 10.2 Å². The molecule has 0 bridgehead atoms. The fraction of sp³-hybridized carbons (Fsp3) is 0.300. The number of piperazine rings is 1. The van der Waals surface area contributed by atoms with Crippen molar-refractivity contribution >= 4 is 29.1 Å². The maximum absolute atomic E-state index is 13.2. The van der Waals surface area contributed by atoms with Gasteiger partial charge in [0, 0.05) is 42.5 Å². The molecular formula is C20H21ClFN3O2. The molecule has 1 N–H and O–H groups in total. The molecule has 2 aromatic rings. The molecule has 0 radical (unpaired) electrons. The highest BCUT2D eigenvalue weighted by Gasteiger charge is 2.28. The molecule has 1 aliphatic rings. The lowest BCUT2D eigenvalue weighted by Gasteiger charge is -2.37. The molecular weight excluding hydrogens is 369 g/mol. The molecule has 1 unspecified atom stereocenters. The smallest absolute Gasteiger partial charge is 0.253 e. The van der Waals surface area contributed by atoms with Crippen molar-refractivity contribution < 1.29 is 14.0 Å². The van der Waals surface area contributed by atoms with Gasteiger partial charge in [-0.1, -0.05) is 17.7 Å². The SMILES string of the molecule is CC(C(=O)Nc1cccc(F)c1)N1CCN(C(=O)c2ccc(Cl)cc2)CC1. The zero-order valence-electron chi connectivity index (χ0n) is 15.0. The van der Waals surface area contributed by atoms with Crippen molar-refractivity contribution in [3.63, 3.8) is 0 Å². The van der Waals surface area contributed by atoms with Gasteiger partial charge in [0.25, 0.3) is 5.91 Å². The van der Waals surface area contributed by atoms with Gasteiger partial charge >= 0.3 is 0 Å². The molecule has 1 heterocycles. The van der Waals surface area contributed by atoms with Gasteiger partial charge in [-0.25, -0.2) is 4.39 Å². The maximum atomic E-state index is 13.2. The minimum Gasteiger partial charge on any atom is -0.336 e. The van der Waals surface area contributed by atoms with Gasteiger partial charge in [0.1, 0.15) is 5.82 Å². The number of rotatable bonds is 4. The summed E-state index contributed by atoms with van der Waals surface area (Å²) in [5.74, 6) is -0.629. The highest BCUT2D eigenvalue weighted by atomic mass is 35.5. The van der Waals surface area contributed by atoms with E-state index in [9.17, 15) is 14.0 Å². The Morgan fingerprint density at radius 2 is 1.74 bits per heavy atom. The Hall–Kier alpha value is -2.44. The number of hydrogen-bond donors (Lipinski definition) is 1. The normalized spacial score (nSPS) is 16.0. The third kappa shape index (κ3) is 4.84. The molecule has 5 nitrogen and oxygen atoms in total. The van der Waals surface area contributed by atoms with Crippen LogP contribution in [0, 0.1) is 5.82 Å².